The van der Waals surface area contributed by atoms with Crippen LogP contribution in [0.4, 0.5) is 5.69 Å². The van der Waals surface area contributed by atoms with Crippen LogP contribution in [0.5, 0.6) is 0 Å². The van der Waals surface area contributed by atoms with E-state index in [9.17, 15) is 13.2 Å². The van der Waals surface area contributed by atoms with Crippen molar-refractivity contribution in [3.63, 3.8) is 0 Å². The standard InChI is InChI=1S/C17H24N4O3S/c1-14-6-4-7-16(12-14)21(25(3,23)24)13-17(22)19-15(2)8-11-20-10-5-9-18-20/h4-7,9-10,12,15H,8,11,13H2,1-3H3,(H,19,22). The van der Waals surface area contributed by atoms with Gasteiger partial charge in [-0.3, -0.25) is 13.8 Å². The predicted molar refractivity (Wildman–Crippen MR) is 97.8 cm³/mol. The maximum absolute atomic E-state index is 12.3. The summed E-state index contributed by atoms with van der Waals surface area (Å²) in [5.41, 5.74) is 1.42. The minimum atomic E-state index is -3.55. The Morgan fingerprint density at radius 2 is 2.12 bits per heavy atom. The summed E-state index contributed by atoms with van der Waals surface area (Å²) in [4.78, 5) is 12.3. The van der Waals surface area contributed by atoms with E-state index in [0.29, 0.717) is 18.7 Å². The number of amides is 1. The number of carbonyl (C=O) groups is 1. The summed E-state index contributed by atoms with van der Waals surface area (Å²) in [5, 5.41) is 6.96. The van der Waals surface area contributed by atoms with Crippen molar-refractivity contribution < 1.29 is 13.2 Å². The molecule has 0 aliphatic carbocycles. The fraction of sp³-hybridized carbons (Fsp3) is 0.412. The van der Waals surface area contributed by atoms with Crippen LogP contribution in [-0.2, 0) is 21.4 Å². The minimum Gasteiger partial charge on any atom is -0.352 e. The van der Waals surface area contributed by atoms with Crippen LogP contribution in [0, 0.1) is 6.92 Å². The first-order valence-corrected chi connectivity index (χ1v) is 9.91. The van der Waals surface area contributed by atoms with Crippen LogP contribution in [0.15, 0.2) is 42.7 Å². The van der Waals surface area contributed by atoms with Gasteiger partial charge in [-0.1, -0.05) is 12.1 Å². The molecule has 1 heterocycles. The highest BCUT2D eigenvalue weighted by Crippen LogP contribution is 2.18. The Bertz CT molecular complexity index is 803. The summed E-state index contributed by atoms with van der Waals surface area (Å²) in [6, 6.07) is 8.83. The van der Waals surface area contributed by atoms with Gasteiger partial charge in [0.1, 0.15) is 6.54 Å². The Hall–Kier alpha value is -2.35. The number of hydrogen-bond acceptors (Lipinski definition) is 4. The molecule has 0 spiro atoms. The zero-order chi connectivity index (χ0) is 18.4. The van der Waals surface area contributed by atoms with Crippen molar-refractivity contribution in [2.45, 2.75) is 32.9 Å². The molecule has 7 nitrogen and oxygen atoms in total. The van der Waals surface area contributed by atoms with E-state index in [4.69, 9.17) is 0 Å². The lowest BCUT2D eigenvalue weighted by Crippen LogP contribution is -2.43. The molecule has 1 aromatic heterocycles. The highest BCUT2D eigenvalue weighted by atomic mass is 32.2. The maximum atomic E-state index is 12.3. The van der Waals surface area contributed by atoms with Gasteiger partial charge in [0.15, 0.2) is 0 Å². The predicted octanol–water partition coefficient (Wildman–Crippen LogP) is 1.55. The molecule has 0 bridgehead atoms. The van der Waals surface area contributed by atoms with Gasteiger partial charge in [-0.25, -0.2) is 8.42 Å². The average Bonchev–Trinajstić information content (AvgIpc) is 3.03. The fourth-order valence-corrected chi connectivity index (χ4v) is 3.31. The van der Waals surface area contributed by atoms with E-state index in [1.165, 1.54) is 0 Å². The summed E-state index contributed by atoms with van der Waals surface area (Å²) in [5.74, 6) is -0.333. The third-order valence-electron chi connectivity index (χ3n) is 3.73. The molecule has 1 atom stereocenters. The third-order valence-corrected chi connectivity index (χ3v) is 4.88. The summed E-state index contributed by atoms with van der Waals surface area (Å²) >= 11 is 0. The van der Waals surface area contributed by atoms with Crippen molar-refractivity contribution in [1.82, 2.24) is 15.1 Å². The second-order valence-electron chi connectivity index (χ2n) is 6.14. The Morgan fingerprint density at radius 1 is 1.36 bits per heavy atom. The SMILES string of the molecule is Cc1cccc(N(CC(=O)NC(C)CCn2cccn2)S(C)(=O)=O)c1. The molecule has 0 aliphatic rings. The van der Waals surface area contributed by atoms with Crippen LogP contribution in [0.25, 0.3) is 0 Å². The van der Waals surface area contributed by atoms with Gasteiger partial charge >= 0.3 is 0 Å². The van der Waals surface area contributed by atoms with Crippen molar-refractivity contribution in [2.75, 3.05) is 17.1 Å². The molecule has 0 saturated heterocycles. The van der Waals surface area contributed by atoms with Crippen molar-refractivity contribution >= 4 is 21.6 Å². The van der Waals surface area contributed by atoms with Gasteiger partial charge in [-0.15, -0.1) is 0 Å². The second kappa shape index (κ2) is 8.15. The number of aromatic nitrogens is 2. The first-order valence-electron chi connectivity index (χ1n) is 8.07. The number of sulfonamides is 1. The van der Waals surface area contributed by atoms with Crippen LogP contribution in [0.1, 0.15) is 18.9 Å². The number of hydrogen-bond donors (Lipinski definition) is 1. The van der Waals surface area contributed by atoms with Gasteiger partial charge in [0.05, 0.1) is 11.9 Å². The molecule has 1 aromatic carbocycles. The van der Waals surface area contributed by atoms with E-state index >= 15 is 0 Å². The molecular weight excluding hydrogens is 340 g/mol. The van der Waals surface area contributed by atoms with Gasteiger partial charge < -0.3 is 5.32 Å². The first kappa shape index (κ1) is 19.0. The van der Waals surface area contributed by atoms with E-state index in [0.717, 1.165) is 16.1 Å². The molecule has 1 unspecified atom stereocenters. The normalized spacial score (nSPS) is 12.6. The van der Waals surface area contributed by atoms with Crippen LogP contribution in [0.2, 0.25) is 0 Å². The Balaban J connectivity index is 1.97. The second-order valence-corrected chi connectivity index (χ2v) is 8.04. The van der Waals surface area contributed by atoms with Crippen LogP contribution >= 0.6 is 0 Å². The van der Waals surface area contributed by atoms with Crippen LogP contribution in [0.3, 0.4) is 0 Å². The zero-order valence-corrected chi connectivity index (χ0v) is 15.5. The molecule has 25 heavy (non-hydrogen) atoms. The van der Waals surface area contributed by atoms with Crippen molar-refractivity contribution in [1.29, 1.82) is 0 Å². The van der Waals surface area contributed by atoms with Crippen molar-refractivity contribution in [2.24, 2.45) is 0 Å². The molecule has 0 aliphatic heterocycles. The molecule has 0 radical (unpaired) electrons. The monoisotopic (exact) mass is 364 g/mol. The molecule has 136 valence electrons. The molecule has 1 amide bonds. The third kappa shape index (κ3) is 5.90. The van der Waals surface area contributed by atoms with Crippen molar-refractivity contribution in [3.8, 4) is 0 Å². The van der Waals surface area contributed by atoms with Gasteiger partial charge in [0.2, 0.25) is 15.9 Å². The molecular formula is C17H24N4O3S. The number of aryl methyl sites for hydroxylation is 2. The lowest BCUT2D eigenvalue weighted by atomic mass is 10.2. The first-order chi connectivity index (χ1) is 11.8. The number of benzene rings is 1. The summed E-state index contributed by atoms with van der Waals surface area (Å²) in [7, 11) is -3.55. The largest absolute Gasteiger partial charge is 0.352 e. The smallest absolute Gasteiger partial charge is 0.240 e. The topological polar surface area (TPSA) is 84.3 Å². The highest BCUT2D eigenvalue weighted by Gasteiger charge is 2.21. The lowest BCUT2D eigenvalue weighted by molar-refractivity contribution is -0.120. The number of anilines is 1. The lowest BCUT2D eigenvalue weighted by Gasteiger charge is -2.23. The van der Waals surface area contributed by atoms with Gasteiger partial charge in [-0.2, -0.15) is 5.10 Å². The number of nitrogens with one attached hydrogen (secondary N) is 1. The van der Waals surface area contributed by atoms with E-state index in [2.05, 4.69) is 10.4 Å². The molecule has 0 saturated carbocycles. The quantitative estimate of drug-likeness (QED) is 0.770. The highest BCUT2D eigenvalue weighted by molar-refractivity contribution is 7.92. The summed E-state index contributed by atoms with van der Waals surface area (Å²) in [6.45, 7) is 4.21. The van der Waals surface area contributed by atoms with E-state index < -0.39 is 10.0 Å². The molecule has 2 rings (SSSR count). The Labute approximate surface area is 148 Å². The van der Waals surface area contributed by atoms with Gasteiger partial charge in [-0.05, 0) is 44.0 Å². The molecule has 0 fully saturated rings. The summed E-state index contributed by atoms with van der Waals surface area (Å²) < 4.78 is 27.1. The van der Waals surface area contributed by atoms with Crippen LogP contribution in [-0.4, -0.2) is 42.9 Å². The van der Waals surface area contributed by atoms with Gasteiger partial charge in [0.25, 0.3) is 0 Å². The zero-order valence-electron chi connectivity index (χ0n) is 14.7. The molecule has 1 N–H and O–H groups in total. The summed E-state index contributed by atoms with van der Waals surface area (Å²) in [6.07, 6.45) is 5.37. The molecule has 2 aromatic rings. The Kier molecular flexibility index (Phi) is 6.19. The van der Waals surface area contributed by atoms with Crippen LogP contribution < -0.4 is 9.62 Å². The fourth-order valence-electron chi connectivity index (χ4n) is 2.46. The number of carbonyl (C=O) groups excluding carboxylic acids is 1. The van der Waals surface area contributed by atoms with E-state index in [-0.39, 0.29) is 18.5 Å². The number of nitrogens with zero attached hydrogens (tertiary/aromatic N) is 3. The Morgan fingerprint density at radius 3 is 2.72 bits per heavy atom. The van der Waals surface area contributed by atoms with Gasteiger partial charge in [0, 0.05) is 25.0 Å². The van der Waals surface area contributed by atoms with E-state index in [1.807, 2.05) is 32.2 Å². The maximum Gasteiger partial charge on any atom is 0.240 e. The van der Waals surface area contributed by atoms with Crippen molar-refractivity contribution in [3.05, 3.63) is 48.3 Å². The minimum absolute atomic E-state index is 0.0874. The molecule has 8 heteroatoms. The number of rotatable bonds is 8. The van der Waals surface area contributed by atoms with E-state index in [1.54, 1.807) is 29.1 Å². The average molecular weight is 364 g/mol.